The third-order valence-corrected chi connectivity index (χ3v) is 4.69. The SMILES string of the molecule is CC1CCN(CCNC(=O)c2cc(N)cc(Cl)c2Cl)CC1. The van der Waals surface area contributed by atoms with Crippen molar-refractivity contribution >= 4 is 34.8 Å². The molecule has 0 aliphatic carbocycles. The molecule has 0 spiro atoms. The highest BCUT2D eigenvalue weighted by Crippen LogP contribution is 2.28. The number of rotatable bonds is 4. The van der Waals surface area contributed by atoms with Crippen LogP contribution in [0.15, 0.2) is 12.1 Å². The van der Waals surface area contributed by atoms with Crippen molar-refractivity contribution in [2.24, 2.45) is 5.92 Å². The quantitative estimate of drug-likeness (QED) is 0.835. The summed E-state index contributed by atoms with van der Waals surface area (Å²) in [6, 6.07) is 3.09. The Morgan fingerprint density at radius 2 is 2.05 bits per heavy atom. The predicted octanol–water partition coefficient (Wildman–Crippen LogP) is 3.04. The van der Waals surface area contributed by atoms with E-state index in [1.54, 1.807) is 6.07 Å². The third kappa shape index (κ3) is 4.50. The molecule has 0 saturated carbocycles. The van der Waals surface area contributed by atoms with E-state index >= 15 is 0 Å². The number of carbonyl (C=O) groups is 1. The zero-order chi connectivity index (χ0) is 15.4. The van der Waals surface area contributed by atoms with E-state index in [2.05, 4.69) is 17.1 Å². The lowest BCUT2D eigenvalue weighted by molar-refractivity contribution is 0.0944. The number of anilines is 1. The first-order valence-electron chi connectivity index (χ1n) is 7.22. The van der Waals surface area contributed by atoms with Crippen LogP contribution < -0.4 is 11.1 Å². The van der Waals surface area contributed by atoms with Gasteiger partial charge in [-0.2, -0.15) is 0 Å². The maximum atomic E-state index is 12.1. The number of nitrogens with one attached hydrogen (secondary N) is 1. The molecule has 0 bridgehead atoms. The molecular weight excluding hydrogens is 309 g/mol. The molecule has 1 aromatic rings. The molecule has 1 aliphatic heterocycles. The number of benzene rings is 1. The summed E-state index contributed by atoms with van der Waals surface area (Å²) in [5.41, 5.74) is 6.45. The van der Waals surface area contributed by atoms with Crippen LogP contribution in [0.1, 0.15) is 30.1 Å². The number of piperidine rings is 1. The Balaban J connectivity index is 1.85. The standard InChI is InChI=1S/C15H21Cl2N3O/c1-10-2-5-20(6-3-10)7-4-19-15(21)12-8-11(18)9-13(16)14(12)17/h8-10H,2-7,18H2,1H3,(H,19,21). The number of likely N-dealkylation sites (tertiary alicyclic amines) is 1. The smallest absolute Gasteiger partial charge is 0.252 e. The second-order valence-corrected chi connectivity index (χ2v) is 6.43. The molecular formula is C15H21Cl2N3O. The van der Waals surface area contributed by atoms with Crippen molar-refractivity contribution in [3.05, 3.63) is 27.7 Å². The van der Waals surface area contributed by atoms with Gasteiger partial charge in [-0.05, 0) is 44.0 Å². The van der Waals surface area contributed by atoms with Crippen LogP contribution in [0.2, 0.25) is 10.0 Å². The van der Waals surface area contributed by atoms with E-state index in [0.717, 1.165) is 25.6 Å². The van der Waals surface area contributed by atoms with Gasteiger partial charge in [0, 0.05) is 18.8 Å². The number of nitrogens with two attached hydrogens (primary N) is 1. The summed E-state index contributed by atoms with van der Waals surface area (Å²) in [7, 11) is 0. The van der Waals surface area contributed by atoms with Crippen LogP contribution in [0.5, 0.6) is 0 Å². The Morgan fingerprint density at radius 1 is 1.38 bits per heavy atom. The van der Waals surface area contributed by atoms with Gasteiger partial charge in [0.2, 0.25) is 0 Å². The van der Waals surface area contributed by atoms with E-state index in [1.807, 2.05) is 0 Å². The number of nitrogens with zero attached hydrogens (tertiary/aromatic N) is 1. The Morgan fingerprint density at radius 3 is 2.71 bits per heavy atom. The molecule has 0 atom stereocenters. The minimum Gasteiger partial charge on any atom is -0.399 e. The van der Waals surface area contributed by atoms with Crippen molar-refractivity contribution in [2.45, 2.75) is 19.8 Å². The number of nitrogen functional groups attached to an aromatic ring is 1. The number of carbonyl (C=O) groups excluding carboxylic acids is 1. The average molecular weight is 330 g/mol. The van der Waals surface area contributed by atoms with Crippen molar-refractivity contribution < 1.29 is 4.79 Å². The molecule has 4 nitrogen and oxygen atoms in total. The van der Waals surface area contributed by atoms with Crippen LogP contribution in [0.25, 0.3) is 0 Å². The Labute approximate surface area is 135 Å². The minimum atomic E-state index is -0.237. The zero-order valence-corrected chi connectivity index (χ0v) is 13.7. The highest BCUT2D eigenvalue weighted by Gasteiger charge is 2.17. The third-order valence-electron chi connectivity index (χ3n) is 3.89. The summed E-state index contributed by atoms with van der Waals surface area (Å²) in [6.07, 6.45) is 2.45. The Bertz CT molecular complexity index is 514. The van der Waals surface area contributed by atoms with Gasteiger partial charge < -0.3 is 16.0 Å². The normalized spacial score (nSPS) is 16.9. The van der Waals surface area contributed by atoms with Gasteiger partial charge in [-0.25, -0.2) is 0 Å². The van der Waals surface area contributed by atoms with Gasteiger partial charge in [-0.3, -0.25) is 4.79 Å². The highest BCUT2D eigenvalue weighted by molar-refractivity contribution is 6.44. The first-order valence-corrected chi connectivity index (χ1v) is 7.98. The number of hydrogen-bond donors (Lipinski definition) is 2. The molecule has 1 fully saturated rings. The fourth-order valence-corrected chi connectivity index (χ4v) is 2.91. The molecule has 1 heterocycles. The van der Waals surface area contributed by atoms with Gasteiger partial charge in [-0.1, -0.05) is 30.1 Å². The van der Waals surface area contributed by atoms with Crippen LogP contribution >= 0.6 is 23.2 Å². The van der Waals surface area contributed by atoms with E-state index < -0.39 is 0 Å². The molecule has 1 aromatic carbocycles. The maximum Gasteiger partial charge on any atom is 0.252 e. The second kappa shape index (κ2) is 7.34. The lowest BCUT2D eigenvalue weighted by Crippen LogP contribution is -2.39. The van der Waals surface area contributed by atoms with Gasteiger partial charge in [0.1, 0.15) is 0 Å². The first-order chi connectivity index (χ1) is 9.97. The summed E-state index contributed by atoms with van der Waals surface area (Å²) in [5.74, 6) is 0.573. The van der Waals surface area contributed by atoms with Gasteiger partial charge in [0.05, 0.1) is 15.6 Å². The second-order valence-electron chi connectivity index (χ2n) is 5.64. The van der Waals surface area contributed by atoms with Gasteiger partial charge in [0.15, 0.2) is 0 Å². The van der Waals surface area contributed by atoms with E-state index in [1.165, 1.54) is 18.9 Å². The van der Waals surface area contributed by atoms with Gasteiger partial charge >= 0.3 is 0 Å². The molecule has 116 valence electrons. The van der Waals surface area contributed by atoms with Crippen molar-refractivity contribution in [2.75, 3.05) is 31.9 Å². The monoisotopic (exact) mass is 329 g/mol. The van der Waals surface area contributed by atoms with Crippen LogP contribution in [0.3, 0.4) is 0 Å². The summed E-state index contributed by atoms with van der Waals surface area (Å²) in [4.78, 5) is 14.5. The van der Waals surface area contributed by atoms with Crippen molar-refractivity contribution in [3.8, 4) is 0 Å². The van der Waals surface area contributed by atoms with Crippen molar-refractivity contribution in [1.82, 2.24) is 10.2 Å². The Hall–Kier alpha value is -0.970. The topological polar surface area (TPSA) is 58.4 Å². The molecule has 6 heteroatoms. The molecule has 2 rings (SSSR count). The van der Waals surface area contributed by atoms with Crippen molar-refractivity contribution in [3.63, 3.8) is 0 Å². The minimum absolute atomic E-state index is 0.237. The largest absolute Gasteiger partial charge is 0.399 e. The Kier molecular flexibility index (Phi) is 5.73. The molecule has 21 heavy (non-hydrogen) atoms. The number of hydrogen-bond acceptors (Lipinski definition) is 3. The van der Waals surface area contributed by atoms with E-state index in [0.29, 0.717) is 22.8 Å². The van der Waals surface area contributed by atoms with Gasteiger partial charge in [-0.15, -0.1) is 0 Å². The molecule has 1 saturated heterocycles. The van der Waals surface area contributed by atoms with Gasteiger partial charge in [0.25, 0.3) is 5.91 Å². The predicted molar refractivity (Wildman–Crippen MR) is 88.0 cm³/mol. The van der Waals surface area contributed by atoms with Crippen molar-refractivity contribution in [1.29, 1.82) is 0 Å². The lowest BCUT2D eigenvalue weighted by atomic mass is 9.99. The maximum absolute atomic E-state index is 12.1. The van der Waals surface area contributed by atoms with Crippen LogP contribution in [-0.4, -0.2) is 37.0 Å². The average Bonchev–Trinajstić information content (AvgIpc) is 2.44. The van der Waals surface area contributed by atoms with Crippen LogP contribution in [0.4, 0.5) is 5.69 Å². The molecule has 0 radical (unpaired) electrons. The van der Waals surface area contributed by atoms with Crippen LogP contribution in [0, 0.1) is 5.92 Å². The summed E-state index contributed by atoms with van der Waals surface area (Å²) in [6.45, 7) is 5.93. The van der Waals surface area contributed by atoms with Crippen LogP contribution in [-0.2, 0) is 0 Å². The summed E-state index contributed by atoms with van der Waals surface area (Å²) in [5, 5.41) is 3.42. The summed E-state index contributed by atoms with van der Waals surface area (Å²) < 4.78 is 0. The number of amides is 1. The molecule has 1 aliphatic rings. The fraction of sp³-hybridized carbons (Fsp3) is 0.533. The highest BCUT2D eigenvalue weighted by atomic mass is 35.5. The molecule has 1 amide bonds. The van der Waals surface area contributed by atoms with E-state index in [9.17, 15) is 4.79 Å². The zero-order valence-electron chi connectivity index (χ0n) is 12.2. The first kappa shape index (κ1) is 16.4. The van der Waals surface area contributed by atoms with E-state index in [-0.39, 0.29) is 10.9 Å². The summed E-state index contributed by atoms with van der Waals surface area (Å²) >= 11 is 12.0. The fourth-order valence-electron chi connectivity index (χ4n) is 2.48. The van der Waals surface area contributed by atoms with E-state index in [4.69, 9.17) is 28.9 Å². The molecule has 3 N–H and O–H groups in total. The molecule has 0 unspecified atom stereocenters. The molecule has 0 aromatic heterocycles. The lowest BCUT2D eigenvalue weighted by Gasteiger charge is -2.30. The number of halogens is 2.